The number of carbonyl (C=O) groups excluding carboxylic acids is 1. The minimum absolute atomic E-state index is 0.0287. The van der Waals surface area contributed by atoms with Crippen LogP contribution in [0.2, 0.25) is 0 Å². The van der Waals surface area contributed by atoms with Crippen LogP contribution in [0, 0.1) is 0 Å². The molecule has 0 N–H and O–H groups in total. The fourth-order valence-electron chi connectivity index (χ4n) is 1.95. The molecule has 0 aliphatic carbocycles. The first-order chi connectivity index (χ1) is 7.36. The average molecular weight is 204 g/mol. The first-order valence-electron chi connectivity index (χ1n) is 5.61. The van der Waals surface area contributed by atoms with Crippen molar-refractivity contribution in [3.63, 3.8) is 0 Å². The summed E-state index contributed by atoms with van der Waals surface area (Å²) in [6.07, 6.45) is 4.75. The Morgan fingerprint density at radius 1 is 1.07 bits per heavy atom. The van der Waals surface area contributed by atoms with Crippen LogP contribution in [0.5, 0.6) is 0 Å². The Balaban J connectivity index is 2.09. The SMILES string of the molecule is O=C1CCCCCC(c2ccccc2)O1. The van der Waals surface area contributed by atoms with Crippen LogP contribution < -0.4 is 0 Å². The molecule has 0 aromatic heterocycles. The molecule has 80 valence electrons. The molecule has 1 unspecified atom stereocenters. The number of cyclic esters (lactones) is 1. The third-order valence-corrected chi connectivity index (χ3v) is 2.79. The zero-order valence-electron chi connectivity index (χ0n) is 8.82. The zero-order chi connectivity index (χ0) is 10.5. The molecule has 2 heteroatoms. The third-order valence-electron chi connectivity index (χ3n) is 2.79. The minimum Gasteiger partial charge on any atom is -0.457 e. The van der Waals surface area contributed by atoms with E-state index in [1.807, 2.05) is 30.3 Å². The van der Waals surface area contributed by atoms with Gasteiger partial charge in [0.2, 0.25) is 0 Å². The summed E-state index contributed by atoms with van der Waals surface area (Å²) in [5, 5.41) is 0. The van der Waals surface area contributed by atoms with E-state index < -0.39 is 0 Å². The second-order valence-corrected chi connectivity index (χ2v) is 3.99. The quantitative estimate of drug-likeness (QED) is 0.656. The van der Waals surface area contributed by atoms with Crippen LogP contribution in [0.1, 0.15) is 43.8 Å². The van der Waals surface area contributed by atoms with Gasteiger partial charge in [-0.1, -0.05) is 36.8 Å². The van der Waals surface area contributed by atoms with E-state index >= 15 is 0 Å². The standard InChI is InChI=1S/C13H16O2/c14-13-10-6-2-5-9-12(15-13)11-7-3-1-4-8-11/h1,3-4,7-8,12H,2,5-6,9-10H2. The molecule has 1 atom stereocenters. The van der Waals surface area contributed by atoms with Crippen molar-refractivity contribution >= 4 is 5.97 Å². The molecular weight excluding hydrogens is 188 g/mol. The van der Waals surface area contributed by atoms with E-state index in [1.165, 1.54) is 0 Å². The van der Waals surface area contributed by atoms with Crippen molar-refractivity contribution in [1.29, 1.82) is 0 Å². The average Bonchev–Trinajstić information content (AvgIpc) is 2.24. The van der Waals surface area contributed by atoms with Gasteiger partial charge in [0, 0.05) is 6.42 Å². The molecule has 1 heterocycles. The maximum atomic E-state index is 11.4. The van der Waals surface area contributed by atoms with Crippen molar-refractivity contribution in [2.24, 2.45) is 0 Å². The molecule has 1 aromatic carbocycles. The van der Waals surface area contributed by atoms with Crippen LogP contribution in [0.4, 0.5) is 0 Å². The summed E-state index contributed by atoms with van der Waals surface area (Å²) in [4.78, 5) is 11.4. The Labute approximate surface area is 90.3 Å². The van der Waals surface area contributed by atoms with Crippen LogP contribution in [-0.2, 0) is 9.53 Å². The second-order valence-electron chi connectivity index (χ2n) is 3.99. The van der Waals surface area contributed by atoms with Gasteiger partial charge >= 0.3 is 5.97 Å². The lowest BCUT2D eigenvalue weighted by Crippen LogP contribution is -2.13. The summed E-state index contributed by atoms with van der Waals surface area (Å²) >= 11 is 0. The number of esters is 1. The molecule has 1 aromatic rings. The fraction of sp³-hybridized carbons (Fsp3) is 0.462. The Kier molecular flexibility index (Phi) is 3.38. The summed E-state index contributed by atoms with van der Waals surface area (Å²) in [6.45, 7) is 0. The molecule has 1 aliphatic rings. The van der Waals surface area contributed by atoms with Gasteiger partial charge in [-0.05, 0) is 24.8 Å². The number of hydrogen-bond donors (Lipinski definition) is 0. The maximum Gasteiger partial charge on any atom is 0.306 e. The van der Waals surface area contributed by atoms with E-state index in [9.17, 15) is 4.79 Å². The topological polar surface area (TPSA) is 26.3 Å². The lowest BCUT2D eigenvalue weighted by molar-refractivity contribution is -0.150. The predicted octanol–water partition coefficient (Wildman–Crippen LogP) is 3.24. The zero-order valence-corrected chi connectivity index (χ0v) is 8.82. The number of carbonyl (C=O) groups is 1. The minimum atomic E-state index is -0.0523. The van der Waals surface area contributed by atoms with Crippen LogP contribution in [0.25, 0.3) is 0 Å². The summed E-state index contributed by atoms with van der Waals surface area (Å²) in [5.74, 6) is -0.0523. The van der Waals surface area contributed by atoms with E-state index in [0.29, 0.717) is 6.42 Å². The lowest BCUT2D eigenvalue weighted by Gasteiger charge is -2.20. The summed E-state index contributed by atoms with van der Waals surface area (Å²) in [6, 6.07) is 10.0. The predicted molar refractivity (Wildman–Crippen MR) is 58.4 cm³/mol. The van der Waals surface area contributed by atoms with Crippen molar-refractivity contribution < 1.29 is 9.53 Å². The van der Waals surface area contributed by atoms with Crippen molar-refractivity contribution in [2.45, 2.75) is 38.2 Å². The molecule has 1 aliphatic heterocycles. The second kappa shape index (κ2) is 4.96. The molecule has 0 saturated carbocycles. The normalized spacial score (nSPS) is 22.7. The monoisotopic (exact) mass is 204 g/mol. The Hall–Kier alpha value is -1.31. The number of benzene rings is 1. The van der Waals surface area contributed by atoms with Gasteiger partial charge in [0.15, 0.2) is 0 Å². The van der Waals surface area contributed by atoms with E-state index in [-0.39, 0.29) is 12.1 Å². The van der Waals surface area contributed by atoms with Gasteiger partial charge < -0.3 is 4.74 Å². The number of hydrogen-bond acceptors (Lipinski definition) is 2. The molecule has 2 nitrogen and oxygen atoms in total. The lowest BCUT2D eigenvalue weighted by atomic mass is 10.0. The summed E-state index contributed by atoms with van der Waals surface area (Å²) in [5.41, 5.74) is 1.12. The highest BCUT2D eigenvalue weighted by molar-refractivity contribution is 5.69. The van der Waals surface area contributed by atoms with Crippen molar-refractivity contribution in [3.8, 4) is 0 Å². The van der Waals surface area contributed by atoms with Crippen LogP contribution in [0.3, 0.4) is 0 Å². The van der Waals surface area contributed by atoms with E-state index in [0.717, 1.165) is 31.2 Å². The Morgan fingerprint density at radius 3 is 2.67 bits per heavy atom. The van der Waals surface area contributed by atoms with Gasteiger partial charge in [0.1, 0.15) is 6.10 Å². The largest absolute Gasteiger partial charge is 0.457 e. The fourth-order valence-corrected chi connectivity index (χ4v) is 1.95. The highest BCUT2D eigenvalue weighted by Crippen LogP contribution is 2.26. The van der Waals surface area contributed by atoms with E-state index in [4.69, 9.17) is 4.74 Å². The molecule has 1 saturated heterocycles. The van der Waals surface area contributed by atoms with Gasteiger partial charge in [-0.2, -0.15) is 0 Å². The molecule has 1 fully saturated rings. The Morgan fingerprint density at radius 2 is 1.87 bits per heavy atom. The van der Waals surface area contributed by atoms with Gasteiger partial charge in [0.05, 0.1) is 0 Å². The molecule has 2 rings (SSSR count). The Bertz CT molecular complexity index is 319. The summed E-state index contributed by atoms with van der Waals surface area (Å²) < 4.78 is 5.44. The molecule has 0 bridgehead atoms. The summed E-state index contributed by atoms with van der Waals surface area (Å²) in [7, 11) is 0. The van der Waals surface area contributed by atoms with Gasteiger partial charge in [-0.15, -0.1) is 0 Å². The highest BCUT2D eigenvalue weighted by Gasteiger charge is 2.18. The van der Waals surface area contributed by atoms with Crippen molar-refractivity contribution in [3.05, 3.63) is 35.9 Å². The maximum absolute atomic E-state index is 11.4. The first kappa shape index (κ1) is 10.2. The number of ether oxygens (including phenoxy) is 1. The smallest absolute Gasteiger partial charge is 0.306 e. The van der Waals surface area contributed by atoms with Crippen LogP contribution in [0.15, 0.2) is 30.3 Å². The van der Waals surface area contributed by atoms with Gasteiger partial charge in [-0.3, -0.25) is 4.79 Å². The first-order valence-corrected chi connectivity index (χ1v) is 5.61. The van der Waals surface area contributed by atoms with Gasteiger partial charge in [0.25, 0.3) is 0 Å². The third kappa shape index (κ3) is 2.82. The van der Waals surface area contributed by atoms with E-state index in [2.05, 4.69) is 0 Å². The number of rotatable bonds is 1. The molecule has 15 heavy (non-hydrogen) atoms. The van der Waals surface area contributed by atoms with Gasteiger partial charge in [-0.25, -0.2) is 0 Å². The van der Waals surface area contributed by atoms with E-state index in [1.54, 1.807) is 0 Å². The molecule has 0 amide bonds. The van der Waals surface area contributed by atoms with Crippen LogP contribution in [-0.4, -0.2) is 5.97 Å². The molecule has 0 radical (unpaired) electrons. The highest BCUT2D eigenvalue weighted by atomic mass is 16.5. The van der Waals surface area contributed by atoms with Crippen molar-refractivity contribution in [2.75, 3.05) is 0 Å². The van der Waals surface area contributed by atoms with Crippen molar-refractivity contribution in [1.82, 2.24) is 0 Å². The molecule has 0 spiro atoms. The molecular formula is C13H16O2. The van der Waals surface area contributed by atoms with Crippen LogP contribution >= 0.6 is 0 Å².